The van der Waals surface area contributed by atoms with E-state index in [1.807, 2.05) is 58.0 Å². The van der Waals surface area contributed by atoms with Crippen LogP contribution in [-0.4, -0.2) is 60.4 Å². The molecule has 28 heavy (non-hydrogen) atoms. The van der Waals surface area contributed by atoms with Gasteiger partial charge in [-0.2, -0.15) is 0 Å². The van der Waals surface area contributed by atoms with Crippen LogP contribution in [0.15, 0.2) is 30.3 Å². The van der Waals surface area contributed by atoms with E-state index in [9.17, 15) is 14.4 Å². The average molecular weight is 392 g/mol. The van der Waals surface area contributed by atoms with Gasteiger partial charge in [-0.1, -0.05) is 50.6 Å². The molecule has 7 heteroatoms. The molecule has 0 unspecified atom stereocenters. The zero-order valence-corrected chi connectivity index (χ0v) is 17.6. The van der Waals surface area contributed by atoms with Gasteiger partial charge in [0, 0.05) is 20.1 Å². The predicted molar refractivity (Wildman–Crippen MR) is 109 cm³/mol. The summed E-state index contributed by atoms with van der Waals surface area (Å²) in [7, 11) is 1.58. The molecule has 1 rings (SSSR count). The van der Waals surface area contributed by atoms with Gasteiger partial charge < -0.3 is 19.9 Å². The summed E-state index contributed by atoms with van der Waals surface area (Å²) >= 11 is 0. The molecule has 0 spiro atoms. The molecule has 1 N–H and O–H groups in total. The number of nitrogens with one attached hydrogen (secondary N) is 1. The fourth-order valence-corrected chi connectivity index (χ4v) is 2.77. The zero-order valence-electron chi connectivity index (χ0n) is 17.6. The fourth-order valence-electron chi connectivity index (χ4n) is 2.77. The number of ether oxygens (including phenoxy) is 1. The van der Waals surface area contributed by atoms with E-state index in [4.69, 9.17) is 4.74 Å². The normalized spacial score (nSPS) is 12.6. The van der Waals surface area contributed by atoms with Gasteiger partial charge in [0.2, 0.25) is 11.8 Å². The van der Waals surface area contributed by atoms with Crippen molar-refractivity contribution in [1.82, 2.24) is 15.1 Å². The van der Waals surface area contributed by atoms with Gasteiger partial charge in [0.1, 0.15) is 12.6 Å². The van der Waals surface area contributed by atoms with Crippen LogP contribution in [0.3, 0.4) is 0 Å². The van der Waals surface area contributed by atoms with Gasteiger partial charge in [-0.15, -0.1) is 0 Å². The Bertz CT molecular complexity index is 632. The molecule has 0 aliphatic heterocycles. The molecule has 3 amide bonds. The highest BCUT2D eigenvalue weighted by Gasteiger charge is 2.30. The SMILES string of the molecule is CC[C@H](C)[C@H](NC(=O)OCc1ccccc1)C(=O)N(C)CC(=O)N(CC)CC. The van der Waals surface area contributed by atoms with Crippen LogP contribution >= 0.6 is 0 Å². The summed E-state index contributed by atoms with van der Waals surface area (Å²) < 4.78 is 5.24. The van der Waals surface area contributed by atoms with Crippen molar-refractivity contribution in [2.24, 2.45) is 5.92 Å². The molecule has 0 saturated carbocycles. The maximum Gasteiger partial charge on any atom is 0.408 e. The van der Waals surface area contributed by atoms with Gasteiger partial charge in [-0.25, -0.2) is 4.79 Å². The highest BCUT2D eigenvalue weighted by Crippen LogP contribution is 2.11. The lowest BCUT2D eigenvalue weighted by Gasteiger charge is -2.29. The molecule has 0 aromatic heterocycles. The van der Waals surface area contributed by atoms with E-state index >= 15 is 0 Å². The third-order valence-electron chi connectivity index (χ3n) is 4.83. The first-order chi connectivity index (χ1) is 13.3. The van der Waals surface area contributed by atoms with E-state index in [-0.39, 0.29) is 30.9 Å². The molecule has 2 atom stereocenters. The Kier molecular flexibility index (Phi) is 10.1. The first-order valence-electron chi connectivity index (χ1n) is 9.83. The van der Waals surface area contributed by atoms with Crippen LogP contribution in [-0.2, 0) is 20.9 Å². The maximum absolute atomic E-state index is 12.9. The lowest BCUT2D eigenvalue weighted by Crippen LogP contribution is -2.52. The van der Waals surface area contributed by atoms with Gasteiger partial charge in [0.05, 0.1) is 6.54 Å². The zero-order chi connectivity index (χ0) is 21.1. The third kappa shape index (κ3) is 7.21. The van der Waals surface area contributed by atoms with Crippen molar-refractivity contribution in [1.29, 1.82) is 0 Å². The smallest absolute Gasteiger partial charge is 0.408 e. The minimum Gasteiger partial charge on any atom is -0.445 e. The van der Waals surface area contributed by atoms with Gasteiger partial charge in [-0.3, -0.25) is 9.59 Å². The Balaban J connectivity index is 2.71. The average Bonchev–Trinajstić information content (AvgIpc) is 2.71. The number of amides is 3. The summed E-state index contributed by atoms with van der Waals surface area (Å²) in [5.41, 5.74) is 0.867. The highest BCUT2D eigenvalue weighted by atomic mass is 16.5. The van der Waals surface area contributed by atoms with E-state index in [0.717, 1.165) is 5.56 Å². The standard InChI is InChI=1S/C21H33N3O4/c1-6-16(4)19(20(26)23(5)14-18(25)24(7-2)8-3)22-21(27)28-15-17-12-10-9-11-13-17/h9-13,16,19H,6-8,14-15H2,1-5H3,(H,22,27)/t16-,19-/m0/s1. The number of alkyl carbamates (subject to hydrolysis) is 1. The van der Waals surface area contributed by atoms with E-state index in [1.54, 1.807) is 11.9 Å². The van der Waals surface area contributed by atoms with E-state index in [1.165, 1.54) is 4.90 Å². The second-order valence-electron chi connectivity index (χ2n) is 6.83. The summed E-state index contributed by atoms with van der Waals surface area (Å²) in [4.78, 5) is 40.4. The minimum absolute atomic E-state index is 0.0197. The van der Waals surface area contributed by atoms with Crippen molar-refractivity contribution < 1.29 is 19.1 Å². The largest absolute Gasteiger partial charge is 0.445 e. The Morgan fingerprint density at radius 2 is 1.68 bits per heavy atom. The second-order valence-corrected chi connectivity index (χ2v) is 6.83. The minimum atomic E-state index is -0.747. The lowest BCUT2D eigenvalue weighted by molar-refractivity contribution is -0.141. The highest BCUT2D eigenvalue weighted by molar-refractivity contribution is 5.89. The summed E-state index contributed by atoms with van der Waals surface area (Å²) in [5, 5.41) is 2.67. The summed E-state index contributed by atoms with van der Waals surface area (Å²) in [6.07, 6.45) is 0.0543. The molecule has 0 heterocycles. The quantitative estimate of drug-likeness (QED) is 0.665. The first kappa shape index (κ1) is 23.5. The number of likely N-dealkylation sites (N-methyl/N-ethyl adjacent to an activating group) is 2. The molecular formula is C21H33N3O4. The van der Waals surface area contributed by atoms with Crippen LogP contribution in [0.2, 0.25) is 0 Å². The number of carbonyl (C=O) groups is 3. The number of hydrogen-bond acceptors (Lipinski definition) is 4. The van der Waals surface area contributed by atoms with Crippen LogP contribution in [0.25, 0.3) is 0 Å². The number of carbonyl (C=O) groups excluding carboxylic acids is 3. The molecule has 7 nitrogen and oxygen atoms in total. The molecule has 0 saturated heterocycles. The van der Waals surface area contributed by atoms with Crippen LogP contribution < -0.4 is 5.32 Å². The second kappa shape index (κ2) is 12.0. The van der Waals surface area contributed by atoms with Crippen molar-refractivity contribution in [3.63, 3.8) is 0 Å². The van der Waals surface area contributed by atoms with Gasteiger partial charge in [0.25, 0.3) is 0 Å². The molecule has 0 bridgehead atoms. The van der Waals surface area contributed by atoms with Crippen molar-refractivity contribution in [2.75, 3.05) is 26.7 Å². The van der Waals surface area contributed by atoms with Crippen LogP contribution in [0.1, 0.15) is 39.7 Å². The van der Waals surface area contributed by atoms with Crippen molar-refractivity contribution >= 4 is 17.9 Å². The summed E-state index contributed by atoms with van der Waals surface area (Å²) in [6.45, 7) is 8.93. The topological polar surface area (TPSA) is 79.0 Å². The number of benzene rings is 1. The van der Waals surface area contributed by atoms with Crippen LogP contribution in [0.5, 0.6) is 0 Å². The number of rotatable bonds is 10. The molecule has 0 aliphatic rings. The van der Waals surface area contributed by atoms with Crippen molar-refractivity contribution in [3.8, 4) is 0 Å². The van der Waals surface area contributed by atoms with Crippen molar-refractivity contribution in [2.45, 2.75) is 46.8 Å². The molecular weight excluding hydrogens is 358 g/mol. The number of hydrogen-bond donors (Lipinski definition) is 1. The summed E-state index contributed by atoms with van der Waals surface area (Å²) in [6, 6.07) is 8.58. The molecule has 156 valence electrons. The van der Waals surface area contributed by atoms with Gasteiger partial charge in [-0.05, 0) is 25.3 Å². The van der Waals surface area contributed by atoms with Gasteiger partial charge in [0.15, 0.2) is 0 Å². The number of nitrogens with zero attached hydrogens (tertiary/aromatic N) is 2. The van der Waals surface area contributed by atoms with Crippen LogP contribution in [0, 0.1) is 5.92 Å². The predicted octanol–water partition coefficient (Wildman–Crippen LogP) is 2.65. The third-order valence-corrected chi connectivity index (χ3v) is 4.83. The Morgan fingerprint density at radius 1 is 1.07 bits per heavy atom. The van der Waals surface area contributed by atoms with Crippen LogP contribution in [0.4, 0.5) is 4.79 Å². The lowest BCUT2D eigenvalue weighted by atomic mass is 9.98. The van der Waals surface area contributed by atoms with Gasteiger partial charge >= 0.3 is 6.09 Å². The van der Waals surface area contributed by atoms with E-state index in [2.05, 4.69) is 5.32 Å². The maximum atomic E-state index is 12.9. The molecule has 0 aliphatic carbocycles. The molecule has 0 radical (unpaired) electrons. The fraction of sp³-hybridized carbons (Fsp3) is 0.571. The van der Waals surface area contributed by atoms with E-state index < -0.39 is 12.1 Å². The van der Waals surface area contributed by atoms with Crippen molar-refractivity contribution in [3.05, 3.63) is 35.9 Å². The Hall–Kier alpha value is -2.57. The Morgan fingerprint density at radius 3 is 2.21 bits per heavy atom. The first-order valence-corrected chi connectivity index (χ1v) is 9.83. The monoisotopic (exact) mass is 391 g/mol. The Labute approximate surface area is 168 Å². The molecule has 0 fully saturated rings. The van der Waals surface area contributed by atoms with E-state index in [0.29, 0.717) is 19.5 Å². The summed E-state index contributed by atoms with van der Waals surface area (Å²) in [5.74, 6) is -0.510. The molecule has 1 aromatic rings. The molecule has 1 aromatic carbocycles.